The number of furan rings is 1. The van der Waals surface area contributed by atoms with Gasteiger partial charge in [0, 0.05) is 26.2 Å². The Kier molecular flexibility index (Phi) is 4.21. The maximum absolute atomic E-state index is 12.0. The Morgan fingerprint density at radius 3 is 2.76 bits per heavy atom. The summed E-state index contributed by atoms with van der Waals surface area (Å²) in [6.07, 6.45) is 10.5. The first-order chi connectivity index (χ1) is 13.8. The quantitative estimate of drug-likeness (QED) is 0.683. The highest BCUT2D eigenvalue weighted by Gasteiger charge is 2.67. The molecule has 158 valence electrons. The maximum Gasteiger partial charge on any atom is 0.303 e. The van der Waals surface area contributed by atoms with Crippen LogP contribution in [0.4, 0.5) is 0 Å². The Morgan fingerprint density at radius 1 is 1.17 bits per heavy atom. The molecule has 1 aromatic rings. The highest BCUT2D eigenvalue weighted by atomic mass is 16.6. The fraction of sp³-hybridized carbons (Fsp3) is 0.750. The Morgan fingerprint density at radius 2 is 2.00 bits per heavy atom. The molecule has 5 heteroatoms. The third-order valence-corrected chi connectivity index (χ3v) is 9.03. The van der Waals surface area contributed by atoms with Crippen molar-refractivity contribution in [2.24, 2.45) is 22.7 Å². The SMILES string of the molecule is CC(=O)OC[C@@]1(OC(C)=O)C[C@@]23CCC4c5ccoc5CC[C@@]4(C)C2CC[C@@H]1C3. The predicted molar refractivity (Wildman–Crippen MR) is 106 cm³/mol. The Labute approximate surface area is 172 Å². The van der Waals surface area contributed by atoms with Crippen molar-refractivity contribution < 1.29 is 23.5 Å². The van der Waals surface area contributed by atoms with Gasteiger partial charge in [0.1, 0.15) is 18.0 Å². The smallest absolute Gasteiger partial charge is 0.303 e. The van der Waals surface area contributed by atoms with Gasteiger partial charge in [0.25, 0.3) is 0 Å². The zero-order chi connectivity index (χ0) is 20.4. The topological polar surface area (TPSA) is 65.7 Å². The van der Waals surface area contributed by atoms with Gasteiger partial charge in [-0.25, -0.2) is 0 Å². The van der Waals surface area contributed by atoms with Gasteiger partial charge in [-0.1, -0.05) is 6.92 Å². The molecule has 0 aromatic carbocycles. The van der Waals surface area contributed by atoms with E-state index in [9.17, 15) is 9.59 Å². The lowest BCUT2D eigenvalue weighted by molar-refractivity contribution is -0.176. The maximum atomic E-state index is 12.0. The molecule has 0 saturated heterocycles. The Hall–Kier alpha value is -1.78. The van der Waals surface area contributed by atoms with Gasteiger partial charge in [-0.3, -0.25) is 9.59 Å². The van der Waals surface area contributed by atoms with E-state index in [0.29, 0.717) is 11.8 Å². The standard InChI is InChI=1S/C24H32O5/c1-15(25)28-14-24(29-16(2)26)13-23-10-6-19-18-8-11-27-20(18)7-9-22(19,3)21(23)5-4-17(24)12-23/h8,11,17,19,21H,4-7,9-10,12-14H2,1-3H3/t17-,19?,21?,22-,23+,24+/m1/s1. The lowest BCUT2D eigenvalue weighted by Gasteiger charge is -2.59. The van der Waals surface area contributed by atoms with Crippen molar-refractivity contribution in [1.29, 1.82) is 0 Å². The first kappa shape index (κ1) is 19.2. The molecule has 2 unspecified atom stereocenters. The van der Waals surface area contributed by atoms with Crippen LogP contribution in [0.25, 0.3) is 0 Å². The number of aryl methyl sites for hydroxylation is 1. The second-order valence-electron chi connectivity index (χ2n) is 10.4. The van der Waals surface area contributed by atoms with Crippen molar-refractivity contribution in [3.8, 4) is 0 Å². The van der Waals surface area contributed by atoms with Gasteiger partial charge in [-0.15, -0.1) is 0 Å². The van der Waals surface area contributed by atoms with Crippen molar-refractivity contribution in [2.75, 3.05) is 6.61 Å². The molecule has 4 aliphatic rings. The van der Waals surface area contributed by atoms with Crippen LogP contribution >= 0.6 is 0 Å². The monoisotopic (exact) mass is 400 g/mol. The van der Waals surface area contributed by atoms with E-state index < -0.39 is 5.60 Å². The molecule has 5 rings (SSSR count). The van der Waals surface area contributed by atoms with E-state index >= 15 is 0 Å². The van der Waals surface area contributed by atoms with E-state index in [0.717, 1.165) is 38.5 Å². The number of rotatable bonds is 3. The minimum Gasteiger partial charge on any atom is -0.469 e. The molecule has 0 aliphatic heterocycles. The number of hydrogen-bond donors (Lipinski definition) is 0. The second kappa shape index (κ2) is 6.36. The molecule has 0 amide bonds. The first-order valence-electron chi connectivity index (χ1n) is 11.2. The lowest BCUT2D eigenvalue weighted by atomic mass is 9.45. The van der Waals surface area contributed by atoms with E-state index in [1.54, 1.807) is 0 Å². The molecule has 1 spiro atoms. The van der Waals surface area contributed by atoms with Crippen LogP contribution in [0, 0.1) is 22.7 Å². The summed E-state index contributed by atoms with van der Waals surface area (Å²) in [6.45, 7) is 5.61. The molecular formula is C24H32O5. The summed E-state index contributed by atoms with van der Waals surface area (Å²) >= 11 is 0. The normalized spacial score (nSPS) is 42.4. The molecule has 6 atom stereocenters. The molecule has 0 radical (unpaired) electrons. The van der Waals surface area contributed by atoms with Gasteiger partial charge in [-0.05, 0) is 79.2 Å². The number of carbonyl (C=O) groups excluding carboxylic acids is 2. The molecule has 0 N–H and O–H groups in total. The molecule has 4 aliphatic carbocycles. The van der Waals surface area contributed by atoms with E-state index in [1.807, 2.05) is 6.26 Å². The average molecular weight is 401 g/mol. The minimum atomic E-state index is -0.648. The van der Waals surface area contributed by atoms with Gasteiger partial charge in [0.05, 0.1) is 6.26 Å². The number of hydrogen-bond acceptors (Lipinski definition) is 5. The van der Waals surface area contributed by atoms with Gasteiger partial charge >= 0.3 is 11.9 Å². The van der Waals surface area contributed by atoms with E-state index in [1.165, 1.54) is 38.0 Å². The molecular weight excluding hydrogens is 368 g/mol. The number of carbonyl (C=O) groups is 2. The Balaban J connectivity index is 1.49. The predicted octanol–water partition coefficient (Wildman–Crippen LogP) is 4.78. The van der Waals surface area contributed by atoms with Gasteiger partial charge in [0.15, 0.2) is 0 Å². The summed E-state index contributed by atoms with van der Waals surface area (Å²) in [6, 6.07) is 2.19. The average Bonchev–Trinajstić information content (AvgIpc) is 3.20. The number of fused-ring (bicyclic) bond motifs is 5. The lowest BCUT2D eigenvalue weighted by Crippen LogP contribution is -2.51. The molecule has 2 bridgehead atoms. The fourth-order valence-electron chi connectivity index (χ4n) is 8.13. The summed E-state index contributed by atoms with van der Waals surface area (Å²) in [5.74, 6) is 2.08. The highest BCUT2D eigenvalue weighted by Crippen LogP contribution is 2.72. The van der Waals surface area contributed by atoms with Crippen LogP contribution in [0.1, 0.15) is 83.0 Å². The third kappa shape index (κ3) is 2.72. The van der Waals surface area contributed by atoms with Crippen molar-refractivity contribution in [2.45, 2.75) is 83.7 Å². The van der Waals surface area contributed by atoms with Gasteiger partial charge < -0.3 is 13.9 Å². The zero-order valence-corrected chi connectivity index (χ0v) is 17.8. The number of ether oxygens (including phenoxy) is 2. The Bertz CT molecular complexity index is 842. The molecule has 5 nitrogen and oxygen atoms in total. The van der Waals surface area contributed by atoms with E-state index in [-0.39, 0.29) is 35.3 Å². The summed E-state index contributed by atoms with van der Waals surface area (Å²) in [7, 11) is 0. The largest absolute Gasteiger partial charge is 0.469 e. The van der Waals surface area contributed by atoms with Gasteiger partial charge in [-0.2, -0.15) is 0 Å². The summed E-state index contributed by atoms with van der Waals surface area (Å²) in [5.41, 5.74) is 1.23. The summed E-state index contributed by atoms with van der Waals surface area (Å²) < 4.78 is 17.2. The van der Waals surface area contributed by atoms with Crippen LogP contribution < -0.4 is 0 Å². The van der Waals surface area contributed by atoms with Crippen molar-refractivity contribution in [3.05, 3.63) is 23.7 Å². The van der Waals surface area contributed by atoms with Crippen LogP contribution in [0.3, 0.4) is 0 Å². The first-order valence-corrected chi connectivity index (χ1v) is 11.2. The van der Waals surface area contributed by atoms with E-state index in [4.69, 9.17) is 13.9 Å². The van der Waals surface area contributed by atoms with Crippen molar-refractivity contribution in [3.63, 3.8) is 0 Å². The molecule has 1 heterocycles. The summed E-state index contributed by atoms with van der Waals surface area (Å²) in [4.78, 5) is 23.6. The van der Waals surface area contributed by atoms with Crippen LogP contribution in [-0.2, 0) is 25.5 Å². The van der Waals surface area contributed by atoms with E-state index in [2.05, 4.69) is 13.0 Å². The third-order valence-electron chi connectivity index (χ3n) is 9.03. The van der Waals surface area contributed by atoms with Crippen LogP contribution in [0.5, 0.6) is 0 Å². The van der Waals surface area contributed by atoms with Crippen LogP contribution in [-0.4, -0.2) is 24.1 Å². The molecule has 3 saturated carbocycles. The molecule has 29 heavy (non-hydrogen) atoms. The van der Waals surface area contributed by atoms with Crippen LogP contribution in [0.15, 0.2) is 16.7 Å². The van der Waals surface area contributed by atoms with Gasteiger partial charge in [0.2, 0.25) is 0 Å². The minimum absolute atomic E-state index is 0.186. The molecule has 1 aromatic heterocycles. The molecule has 3 fully saturated rings. The van der Waals surface area contributed by atoms with Crippen molar-refractivity contribution in [1.82, 2.24) is 0 Å². The summed E-state index contributed by atoms with van der Waals surface area (Å²) in [5, 5.41) is 0. The van der Waals surface area contributed by atoms with Crippen LogP contribution in [0.2, 0.25) is 0 Å². The zero-order valence-electron chi connectivity index (χ0n) is 17.8. The highest BCUT2D eigenvalue weighted by molar-refractivity contribution is 5.67. The van der Waals surface area contributed by atoms with Crippen molar-refractivity contribution >= 4 is 11.9 Å². The second-order valence-corrected chi connectivity index (χ2v) is 10.4. The number of esters is 2. The fourth-order valence-corrected chi connectivity index (χ4v) is 8.13.